The van der Waals surface area contributed by atoms with Gasteiger partial charge in [-0.2, -0.15) is 0 Å². The number of aliphatic hydroxyl groups excluding tert-OH is 1. The molecule has 0 saturated heterocycles. The van der Waals surface area contributed by atoms with Gasteiger partial charge in [-0.25, -0.2) is 4.98 Å². The third-order valence-electron chi connectivity index (χ3n) is 3.26. The Kier molecular flexibility index (Phi) is 4.61. The van der Waals surface area contributed by atoms with Crippen molar-refractivity contribution in [3.63, 3.8) is 0 Å². The van der Waals surface area contributed by atoms with Crippen molar-refractivity contribution < 1.29 is 5.11 Å². The standard InChI is InChI=1S/C12H18ClN3OS/c1-3-8(2)10(17)7-14-6-9-11(13)15-12-16(9)4-5-18-12/h4-5,8,10,14,17H,3,6-7H2,1-2H3. The summed E-state index contributed by atoms with van der Waals surface area (Å²) in [6, 6.07) is 0. The molecule has 0 aliphatic rings. The van der Waals surface area contributed by atoms with Crippen LogP contribution < -0.4 is 5.32 Å². The average molecular weight is 288 g/mol. The van der Waals surface area contributed by atoms with E-state index in [1.165, 1.54) is 0 Å². The number of nitrogens with zero attached hydrogens (tertiary/aromatic N) is 2. The Bertz CT molecular complexity index is 510. The second-order valence-corrected chi connectivity index (χ2v) is 5.72. The van der Waals surface area contributed by atoms with Crippen LogP contribution in [0.3, 0.4) is 0 Å². The van der Waals surface area contributed by atoms with Gasteiger partial charge in [0.05, 0.1) is 11.8 Å². The largest absolute Gasteiger partial charge is 0.392 e. The molecule has 0 spiro atoms. The third-order valence-corrected chi connectivity index (χ3v) is 4.32. The van der Waals surface area contributed by atoms with Crippen LogP contribution in [0.15, 0.2) is 11.6 Å². The molecule has 2 aromatic rings. The monoisotopic (exact) mass is 287 g/mol. The van der Waals surface area contributed by atoms with Crippen molar-refractivity contribution in [2.75, 3.05) is 6.54 Å². The number of hydrogen-bond acceptors (Lipinski definition) is 4. The Balaban J connectivity index is 1.94. The summed E-state index contributed by atoms with van der Waals surface area (Å²) in [5.41, 5.74) is 0.948. The van der Waals surface area contributed by atoms with E-state index in [0.29, 0.717) is 24.2 Å². The Morgan fingerprint density at radius 2 is 2.39 bits per heavy atom. The second-order valence-electron chi connectivity index (χ2n) is 4.49. The van der Waals surface area contributed by atoms with E-state index in [2.05, 4.69) is 24.1 Å². The summed E-state index contributed by atoms with van der Waals surface area (Å²) in [6.45, 7) is 5.32. The van der Waals surface area contributed by atoms with E-state index < -0.39 is 0 Å². The number of aromatic nitrogens is 2. The number of halogens is 1. The summed E-state index contributed by atoms with van der Waals surface area (Å²) in [5, 5.41) is 15.6. The molecule has 0 bridgehead atoms. The zero-order valence-electron chi connectivity index (χ0n) is 10.6. The van der Waals surface area contributed by atoms with E-state index in [1.54, 1.807) is 11.3 Å². The number of nitrogens with one attached hydrogen (secondary N) is 1. The molecule has 2 unspecified atom stereocenters. The number of fused-ring (bicyclic) bond motifs is 1. The lowest BCUT2D eigenvalue weighted by Crippen LogP contribution is -2.31. The minimum Gasteiger partial charge on any atom is -0.392 e. The molecular weight excluding hydrogens is 270 g/mol. The summed E-state index contributed by atoms with van der Waals surface area (Å²) >= 11 is 7.65. The molecule has 0 aromatic carbocycles. The molecule has 2 atom stereocenters. The topological polar surface area (TPSA) is 49.6 Å². The van der Waals surface area contributed by atoms with Crippen LogP contribution in [-0.4, -0.2) is 27.1 Å². The number of rotatable bonds is 6. The normalized spacial score (nSPS) is 15.1. The zero-order valence-corrected chi connectivity index (χ0v) is 12.1. The Morgan fingerprint density at radius 1 is 1.61 bits per heavy atom. The molecule has 6 heteroatoms. The van der Waals surface area contributed by atoms with Gasteiger partial charge in [0, 0.05) is 24.7 Å². The van der Waals surface area contributed by atoms with Gasteiger partial charge in [-0.1, -0.05) is 31.9 Å². The van der Waals surface area contributed by atoms with Crippen LogP contribution in [0.25, 0.3) is 4.96 Å². The van der Waals surface area contributed by atoms with Gasteiger partial charge < -0.3 is 10.4 Å². The first-order valence-corrected chi connectivity index (χ1v) is 7.38. The van der Waals surface area contributed by atoms with Gasteiger partial charge in [-0.15, -0.1) is 11.3 Å². The summed E-state index contributed by atoms with van der Waals surface area (Å²) in [7, 11) is 0. The van der Waals surface area contributed by atoms with E-state index in [-0.39, 0.29) is 6.10 Å². The first-order valence-electron chi connectivity index (χ1n) is 6.12. The Hall–Kier alpha value is -0.620. The maximum atomic E-state index is 9.87. The highest BCUT2D eigenvalue weighted by molar-refractivity contribution is 7.15. The number of hydrogen-bond donors (Lipinski definition) is 2. The molecule has 0 aliphatic carbocycles. The summed E-state index contributed by atoms with van der Waals surface area (Å²) in [6.07, 6.45) is 2.62. The molecule has 0 saturated carbocycles. The number of imidazole rings is 1. The van der Waals surface area contributed by atoms with Crippen LogP contribution in [-0.2, 0) is 6.54 Å². The van der Waals surface area contributed by atoms with Crippen molar-refractivity contribution in [1.29, 1.82) is 0 Å². The number of thiazole rings is 1. The molecule has 2 N–H and O–H groups in total. The van der Waals surface area contributed by atoms with Gasteiger partial charge in [0.25, 0.3) is 0 Å². The highest BCUT2D eigenvalue weighted by Gasteiger charge is 2.14. The highest BCUT2D eigenvalue weighted by Crippen LogP contribution is 2.21. The molecule has 0 radical (unpaired) electrons. The predicted octanol–water partition coefficient (Wildman–Crippen LogP) is 2.55. The minimum absolute atomic E-state index is 0.305. The molecule has 0 amide bonds. The summed E-state index contributed by atoms with van der Waals surface area (Å²) in [5.74, 6) is 0.305. The third kappa shape index (κ3) is 2.85. The fraction of sp³-hybridized carbons (Fsp3) is 0.583. The Labute approximate surface area is 116 Å². The lowest BCUT2D eigenvalue weighted by molar-refractivity contribution is 0.112. The van der Waals surface area contributed by atoms with E-state index in [9.17, 15) is 5.11 Å². The van der Waals surface area contributed by atoms with Crippen molar-refractivity contribution >= 4 is 27.9 Å². The first-order chi connectivity index (χ1) is 8.63. The Morgan fingerprint density at radius 3 is 3.11 bits per heavy atom. The molecular formula is C12H18ClN3OS. The van der Waals surface area contributed by atoms with Crippen LogP contribution in [0, 0.1) is 5.92 Å². The van der Waals surface area contributed by atoms with Crippen LogP contribution in [0.5, 0.6) is 0 Å². The van der Waals surface area contributed by atoms with Crippen LogP contribution in [0.2, 0.25) is 5.15 Å². The molecule has 2 heterocycles. The van der Waals surface area contributed by atoms with Crippen molar-refractivity contribution in [3.05, 3.63) is 22.4 Å². The van der Waals surface area contributed by atoms with Crippen LogP contribution in [0.4, 0.5) is 0 Å². The molecule has 2 aromatic heterocycles. The summed E-state index contributed by atoms with van der Waals surface area (Å²) < 4.78 is 1.98. The minimum atomic E-state index is -0.320. The average Bonchev–Trinajstić information content (AvgIpc) is 2.90. The van der Waals surface area contributed by atoms with E-state index in [0.717, 1.165) is 17.1 Å². The smallest absolute Gasteiger partial charge is 0.195 e. The van der Waals surface area contributed by atoms with E-state index in [4.69, 9.17) is 11.6 Å². The SMILES string of the molecule is CCC(C)C(O)CNCc1c(Cl)nc2sccn12. The van der Waals surface area contributed by atoms with Crippen molar-refractivity contribution in [1.82, 2.24) is 14.7 Å². The first kappa shape index (κ1) is 13.8. The van der Waals surface area contributed by atoms with Gasteiger partial charge in [0.2, 0.25) is 0 Å². The van der Waals surface area contributed by atoms with Crippen molar-refractivity contribution in [2.45, 2.75) is 32.9 Å². The summed E-state index contributed by atoms with van der Waals surface area (Å²) in [4.78, 5) is 5.17. The van der Waals surface area contributed by atoms with Gasteiger partial charge >= 0.3 is 0 Å². The maximum absolute atomic E-state index is 9.87. The fourth-order valence-electron chi connectivity index (χ4n) is 1.78. The van der Waals surface area contributed by atoms with E-state index in [1.807, 2.05) is 16.0 Å². The molecule has 0 fully saturated rings. The fourth-order valence-corrected chi connectivity index (χ4v) is 2.80. The lowest BCUT2D eigenvalue weighted by atomic mass is 10.0. The van der Waals surface area contributed by atoms with Gasteiger partial charge in [-0.3, -0.25) is 4.40 Å². The molecule has 100 valence electrons. The zero-order chi connectivity index (χ0) is 13.1. The van der Waals surface area contributed by atoms with Gasteiger partial charge in [0.15, 0.2) is 10.1 Å². The van der Waals surface area contributed by atoms with Crippen molar-refractivity contribution in [2.24, 2.45) is 5.92 Å². The predicted molar refractivity (Wildman–Crippen MR) is 75.2 cm³/mol. The number of aliphatic hydroxyl groups is 1. The lowest BCUT2D eigenvalue weighted by Gasteiger charge is -2.17. The second kappa shape index (κ2) is 6.02. The van der Waals surface area contributed by atoms with Crippen molar-refractivity contribution in [3.8, 4) is 0 Å². The molecule has 4 nitrogen and oxygen atoms in total. The van der Waals surface area contributed by atoms with Crippen LogP contribution in [0.1, 0.15) is 26.0 Å². The molecule has 2 rings (SSSR count). The molecule has 18 heavy (non-hydrogen) atoms. The van der Waals surface area contributed by atoms with Gasteiger partial charge in [-0.05, 0) is 5.92 Å². The van der Waals surface area contributed by atoms with Gasteiger partial charge in [0.1, 0.15) is 0 Å². The maximum Gasteiger partial charge on any atom is 0.195 e. The van der Waals surface area contributed by atoms with Crippen LogP contribution >= 0.6 is 22.9 Å². The quantitative estimate of drug-likeness (QED) is 0.858. The van der Waals surface area contributed by atoms with E-state index >= 15 is 0 Å². The molecule has 0 aliphatic heterocycles. The highest BCUT2D eigenvalue weighted by atomic mass is 35.5.